The number of esters is 2. The van der Waals surface area contributed by atoms with Gasteiger partial charge >= 0.3 is 19.8 Å². The van der Waals surface area contributed by atoms with Gasteiger partial charge in [-0.1, -0.05) is 270 Å². The fourth-order valence-electron chi connectivity index (χ4n) is 8.62. The molecule has 0 rings (SSSR count). The maximum absolute atomic E-state index is 12.7. The summed E-state index contributed by atoms with van der Waals surface area (Å²) in [5.41, 5.74) is 5.39. The number of phosphoric acid groups is 1. The van der Waals surface area contributed by atoms with Crippen LogP contribution in [-0.2, 0) is 32.7 Å². The first-order valence-corrected chi connectivity index (χ1v) is 33.5. The van der Waals surface area contributed by atoms with Crippen LogP contribution in [0, 0.1) is 0 Å². The summed E-state index contributed by atoms with van der Waals surface area (Å²) in [7, 11) is -4.40. The van der Waals surface area contributed by atoms with Gasteiger partial charge in [-0.25, -0.2) is 4.57 Å². The molecular weight excluding hydrogens is 1000 g/mol. The quantitative estimate of drug-likeness (QED) is 0.0264. The number of carbonyl (C=O) groups excluding carboxylic acids is 2. The Morgan fingerprint density at radius 3 is 1.05 bits per heavy atom. The maximum Gasteiger partial charge on any atom is 0.472 e. The second-order valence-corrected chi connectivity index (χ2v) is 22.3. The molecule has 10 heteroatoms. The number of unbranched alkanes of at least 4 members (excludes halogenated alkanes) is 26. The zero-order valence-corrected chi connectivity index (χ0v) is 51.5. The van der Waals surface area contributed by atoms with Gasteiger partial charge in [0.1, 0.15) is 6.61 Å². The molecule has 0 saturated heterocycles. The lowest BCUT2D eigenvalue weighted by Gasteiger charge is -2.19. The van der Waals surface area contributed by atoms with Gasteiger partial charge in [0.15, 0.2) is 6.10 Å². The third kappa shape index (κ3) is 63.5. The van der Waals surface area contributed by atoms with Gasteiger partial charge in [0, 0.05) is 19.4 Å². The smallest absolute Gasteiger partial charge is 0.462 e. The van der Waals surface area contributed by atoms with Crippen molar-refractivity contribution in [1.82, 2.24) is 0 Å². The van der Waals surface area contributed by atoms with Crippen LogP contribution in [0.5, 0.6) is 0 Å². The topological polar surface area (TPSA) is 134 Å². The van der Waals surface area contributed by atoms with Gasteiger partial charge < -0.3 is 20.1 Å². The normalized spacial score (nSPS) is 13.8. The van der Waals surface area contributed by atoms with Crippen LogP contribution in [0.15, 0.2) is 122 Å². The zero-order valence-electron chi connectivity index (χ0n) is 50.6. The van der Waals surface area contributed by atoms with Gasteiger partial charge in [-0.05, 0) is 109 Å². The highest BCUT2D eigenvalue weighted by molar-refractivity contribution is 7.47. The molecule has 0 heterocycles. The number of hydrogen-bond donors (Lipinski definition) is 2. The Labute approximate surface area is 485 Å². The third-order valence-corrected chi connectivity index (χ3v) is 14.3. The van der Waals surface area contributed by atoms with Crippen molar-refractivity contribution in [3.05, 3.63) is 122 Å². The molecule has 0 radical (unpaired) electrons. The molecule has 0 aliphatic carbocycles. The van der Waals surface area contributed by atoms with Crippen molar-refractivity contribution < 1.29 is 37.6 Å². The molecule has 0 aliphatic rings. The molecule has 0 saturated carbocycles. The van der Waals surface area contributed by atoms with Crippen molar-refractivity contribution >= 4 is 19.8 Å². The standard InChI is InChI=1S/C69H118NO8P/c1-3-5-7-9-11-13-15-17-19-21-23-25-27-29-30-31-32-33-34-35-36-38-40-42-44-46-48-50-52-54-56-58-60-62-69(72)78-67(66-77-79(73,74)76-64-63-70)65-75-68(71)61-59-57-55-53-51-49-47-45-43-41-39-37-28-26-24-22-20-18-16-14-12-10-8-6-4-2/h5,7,11,13,17,19,22-25,29-30,32-33,35-36,40,42,46,48,67H,3-4,6,8-10,12,14-16,18,20-21,26-28,31,34,37-39,41,43-45,47,49-66,70H2,1-2H3,(H,73,74)/b7-5-,13-11-,19-17-,24-22-,25-23-,30-29-,33-32-,36-35-,42-40-,48-46-. The van der Waals surface area contributed by atoms with E-state index in [2.05, 4.69) is 135 Å². The molecule has 0 aromatic heterocycles. The van der Waals surface area contributed by atoms with E-state index in [0.29, 0.717) is 6.42 Å². The Bertz CT molecular complexity index is 1710. The highest BCUT2D eigenvalue weighted by atomic mass is 31.2. The summed E-state index contributed by atoms with van der Waals surface area (Å²) in [5, 5.41) is 0. The van der Waals surface area contributed by atoms with E-state index < -0.39 is 26.5 Å². The summed E-state index contributed by atoms with van der Waals surface area (Å²) in [5.74, 6) is -0.851. The van der Waals surface area contributed by atoms with Gasteiger partial charge in [-0.2, -0.15) is 0 Å². The van der Waals surface area contributed by atoms with Gasteiger partial charge in [0.05, 0.1) is 13.2 Å². The summed E-state index contributed by atoms with van der Waals surface area (Å²) in [6.45, 7) is 3.62. The third-order valence-electron chi connectivity index (χ3n) is 13.3. The number of allylic oxidation sites excluding steroid dienone is 20. The molecule has 0 amide bonds. The monoisotopic (exact) mass is 1120 g/mol. The lowest BCUT2D eigenvalue weighted by Crippen LogP contribution is -2.29. The number of hydrogen-bond acceptors (Lipinski definition) is 8. The van der Waals surface area contributed by atoms with Crippen molar-refractivity contribution in [3.8, 4) is 0 Å². The highest BCUT2D eigenvalue weighted by Crippen LogP contribution is 2.43. The van der Waals surface area contributed by atoms with E-state index in [1.807, 2.05) is 0 Å². The van der Waals surface area contributed by atoms with Crippen molar-refractivity contribution in [2.24, 2.45) is 5.73 Å². The Balaban J connectivity index is 4.03. The van der Waals surface area contributed by atoms with E-state index >= 15 is 0 Å². The summed E-state index contributed by atoms with van der Waals surface area (Å²) in [4.78, 5) is 35.3. The summed E-state index contributed by atoms with van der Waals surface area (Å²) < 4.78 is 33.1. The van der Waals surface area contributed by atoms with E-state index in [0.717, 1.165) is 109 Å². The number of nitrogens with two attached hydrogens (primary N) is 1. The molecule has 0 aromatic carbocycles. The van der Waals surface area contributed by atoms with Crippen LogP contribution in [0.25, 0.3) is 0 Å². The van der Waals surface area contributed by atoms with Crippen molar-refractivity contribution in [2.45, 2.75) is 277 Å². The van der Waals surface area contributed by atoms with Crippen LogP contribution in [0.3, 0.4) is 0 Å². The average molecular weight is 1120 g/mol. The molecule has 9 nitrogen and oxygen atoms in total. The minimum absolute atomic E-state index is 0.0444. The lowest BCUT2D eigenvalue weighted by atomic mass is 10.0. The fourth-order valence-corrected chi connectivity index (χ4v) is 9.39. The van der Waals surface area contributed by atoms with Crippen LogP contribution in [0.2, 0.25) is 0 Å². The van der Waals surface area contributed by atoms with E-state index in [1.54, 1.807) is 0 Å². The first kappa shape index (κ1) is 75.4. The Morgan fingerprint density at radius 1 is 0.392 bits per heavy atom. The molecular formula is C69H118NO8P. The zero-order chi connectivity index (χ0) is 57.3. The molecule has 0 aliphatic heterocycles. The Kier molecular flexibility index (Phi) is 60.7. The van der Waals surface area contributed by atoms with Crippen LogP contribution in [-0.4, -0.2) is 49.3 Å². The van der Waals surface area contributed by atoms with Crippen molar-refractivity contribution in [2.75, 3.05) is 26.4 Å². The molecule has 79 heavy (non-hydrogen) atoms. The predicted octanol–water partition coefficient (Wildman–Crippen LogP) is 20.7. The Hall–Kier alpha value is -3.59. The number of carbonyl (C=O) groups is 2. The maximum atomic E-state index is 12.7. The second kappa shape index (κ2) is 63.6. The van der Waals surface area contributed by atoms with Crippen LogP contribution in [0.4, 0.5) is 0 Å². The minimum atomic E-state index is -4.40. The SMILES string of the molecule is CC/C=C\C/C=C\C/C=C\C/C=C\C/C=C\C/C=C\C/C=C\C/C=C\C/C=C\CCCCCCCC(=O)OC(COC(=O)CCCCCCCCCCCCCCC/C=C\CCCCCCCCCC)COP(=O)(O)OCCN. The summed E-state index contributed by atoms with van der Waals surface area (Å²) in [6, 6.07) is 0. The molecule has 0 aromatic rings. The van der Waals surface area contributed by atoms with Gasteiger partial charge in [0.25, 0.3) is 0 Å². The number of phosphoric ester groups is 1. The van der Waals surface area contributed by atoms with Crippen LogP contribution < -0.4 is 5.73 Å². The first-order valence-electron chi connectivity index (χ1n) is 32.0. The predicted molar refractivity (Wildman–Crippen MR) is 339 cm³/mol. The average Bonchev–Trinajstić information content (AvgIpc) is 3.44. The molecule has 0 bridgehead atoms. The molecule has 2 atom stereocenters. The van der Waals surface area contributed by atoms with E-state index in [1.165, 1.54) is 128 Å². The summed E-state index contributed by atoms with van der Waals surface area (Å²) in [6.07, 6.45) is 88.4. The van der Waals surface area contributed by atoms with E-state index in [-0.39, 0.29) is 38.6 Å². The van der Waals surface area contributed by atoms with E-state index in [9.17, 15) is 19.0 Å². The lowest BCUT2D eigenvalue weighted by molar-refractivity contribution is -0.161. The van der Waals surface area contributed by atoms with Crippen molar-refractivity contribution in [3.63, 3.8) is 0 Å². The second-order valence-electron chi connectivity index (χ2n) is 20.9. The Morgan fingerprint density at radius 2 is 0.696 bits per heavy atom. The molecule has 0 spiro atoms. The van der Waals surface area contributed by atoms with E-state index in [4.69, 9.17) is 24.3 Å². The summed E-state index contributed by atoms with van der Waals surface area (Å²) >= 11 is 0. The number of ether oxygens (including phenoxy) is 2. The molecule has 3 N–H and O–H groups in total. The van der Waals surface area contributed by atoms with Crippen LogP contribution in [0.1, 0.15) is 271 Å². The van der Waals surface area contributed by atoms with Crippen LogP contribution >= 0.6 is 7.82 Å². The highest BCUT2D eigenvalue weighted by Gasteiger charge is 2.26. The molecule has 2 unspecified atom stereocenters. The van der Waals surface area contributed by atoms with Gasteiger partial charge in [-0.15, -0.1) is 0 Å². The fraction of sp³-hybridized carbons (Fsp3) is 0.681. The molecule has 0 fully saturated rings. The van der Waals surface area contributed by atoms with Gasteiger partial charge in [-0.3, -0.25) is 18.6 Å². The largest absolute Gasteiger partial charge is 0.472 e. The van der Waals surface area contributed by atoms with Crippen molar-refractivity contribution in [1.29, 1.82) is 0 Å². The molecule has 452 valence electrons. The first-order chi connectivity index (χ1) is 38.8. The van der Waals surface area contributed by atoms with Gasteiger partial charge in [0.2, 0.25) is 0 Å². The number of rotatable bonds is 59. The minimum Gasteiger partial charge on any atom is -0.462 e.